The van der Waals surface area contributed by atoms with E-state index in [0.717, 1.165) is 11.3 Å². The zero-order valence-corrected chi connectivity index (χ0v) is 19.3. The summed E-state index contributed by atoms with van der Waals surface area (Å²) in [6.07, 6.45) is 6.50. The molecule has 1 N–H and O–H groups in total. The number of anilines is 1. The number of methoxy groups -OCH3 is 1. The number of nitrogens with zero attached hydrogens (tertiary/aromatic N) is 1. The summed E-state index contributed by atoms with van der Waals surface area (Å²) in [7, 11) is 1.62. The van der Waals surface area contributed by atoms with E-state index < -0.39 is 0 Å². The number of carbonyl (C=O) groups is 1. The quantitative estimate of drug-likeness (QED) is 0.340. The van der Waals surface area contributed by atoms with Crippen LogP contribution in [0.25, 0.3) is 22.6 Å². The maximum atomic E-state index is 12.4. The number of carbonyl (C=O) groups excluding carboxylic acids is 1. The molecule has 6 heteroatoms. The Bertz CT molecular complexity index is 1270. The van der Waals surface area contributed by atoms with E-state index in [1.807, 2.05) is 36.4 Å². The van der Waals surface area contributed by atoms with Gasteiger partial charge in [0.25, 0.3) is 5.91 Å². The summed E-state index contributed by atoms with van der Waals surface area (Å²) in [5.41, 5.74) is 4.13. The van der Waals surface area contributed by atoms with Gasteiger partial charge in [-0.1, -0.05) is 37.5 Å². The second-order valence-corrected chi connectivity index (χ2v) is 8.67. The number of fused-ring (bicyclic) bond motifs is 1. The first kappa shape index (κ1) is 22.0. The maximum Gasteiger partial charge on any atom is 0.262 e. The minimum atomic E-state index is -0.229. The highest BCUT2D eigenvalue weighted by molar-refractivity contribution is 5.94. The van der Waals surface area contributed by atoms with Crippen molar-refractivity contribution in [2.24, 2.45) is 0 Å². The largest absolute Gasteiger partial charge is 0.497 e. The number of nitrogens with one attached hydrogen (secondary N) is 1. The topological polar surface area (TPSA) is 73.6 Å². The molecular formula is C28H28N2O4. The van der Waals surface area contributed by atoms with Crippen molar-refractivity contribution in [3.63, 3.8) is 0 Å². The van der Waals surface area contributed by atoms with E-state index in [1.54, 1.807) is 25.3 Å². The summed E-state index contributed by atoms with van der Waals surface area (Å²) in [5.74, 6) is 2.35. The molecule has 0 unspecified atom stereocenters. The number of hydrogen-bond donors (Lipinski definition) is 1. The Morgan fingerprint density at radius 1 is 1.00 bits per heavy atom. The molecule has 3 aromatic carbocycles. The van der Waals surface area contributed by atoms with E-state index in [1.165, 1.54) is 37.7 Å². The van der Waals surface area contributed by atoms with Crippen molar-refractivity contribution in [1.29, 1.82) is 0 Å². The Morgan fingerprint density at radius 3 is 2.62 bits per heavy atom. The summed E-state index contributed by atoms with van der Waals surface area (Å²) < 4.78 is 16.8. The molecule has 0 saturated heterocycles. The first-order chi connectivity index (χ1) is 16.7. The number of aromatic nitrogens is 1. The average Bonchev–Trinajstić information content (AvgIpc) is 3.32. The lowest BCUT2D eigenvalue weighted by molar-refractivity contribution is -0.118. The molecule has 5 rings (SSSR count). The highest BCUT2D eigenvalue weighted by Crippen LogP contribution is 2.33. The SMILES string of the molecule is COc1cccc(-c2nc3cc(NC(=O)COc4ccc(C5CCCCC5)cc4)ccc3o2)c1. The number of amides is 1. The predicted molar refractivity (Wildman–Crippen MR) is 132 cm³/mol. The lowest BCUT2D eigenvalue weighted by Crippen LogP contribution is -2.20. The Kier molecular flexibility index (Phi) is 6.47. The molecular weight excluding hydrogens is 428 g/mol. The van der Waals surface area contributed by atoms with Crippen LogP contribution in [0.5, 0.6) is 11.5 Å². The standard InChI is InChI=1S/C28H28N2O4/c1-32-24-9-5-8-21(16-24)28-30-25-17-22(12-15-26(25)34-28)29-27(31)18-33-23-13-10-20(11-14-23)19-6-3-2-4-7-19/h5,8-17,19H,2-4,6-7,18H2,1H3,(H,29,31). The van der Waals surface area contributed by atoms with Crippen LogP contribution in [0.4, 0.5) is 5.69 Å². The van der Waals surface area contributed by atoms with E-state index in [9.17, 15) is 4.79 Å². The lowest BCUT2D eigenvalue weighted by Gasteiger charge is -2.22. The Balaban J connectivity index is 1.19. The molecule has 174 valence electrons. The molecule has 0 spiro atoms. The van der Waals surface area contributed by atoms with Gasteiger partial charge in [0.05, 0.1) is 7.11 Å². The van der Waals surface area contributed by atoms with Gasteiger partial charge in [-0.05, 0) is 72.9 Å². The highest BCUT2D eigenvalue weighted by Gasteiger charge is 2.15. The van der Waals surface area contributed by atoms with Gasteiger partial charge >= 0.3 is 0 Å². The molecule has 1 aromatic heterocycles. The van der Waals surface area contributed by atoms with Crippen LogP contribution in [-0.4, -0.2) is 24.6 Å². The Morgan fingerprint density at radius 2 is 1.82 bits per heavy atom. The second kappa shape index (κ2) is 10.00. The van der Waals surface area contributed by atoms with Crippen LogP contribution in [0.3, 0.4) is 0 Å². The number of ether oxygens (including phenoxy) is 2. The fraction of sp³-hybridized carbons (Fsp3) is 0.286. The minimum absolute atomic E-state index is 0.0608. The Labute approximate surface area is 198 Å². The van der Waals surface area contributed by atoms with Gasteiger partial charge in [-0.3, -0.25) is 4.79 Å². The van der Waals surface area contributed by atoms with Crippen LogP contribution in [-0.2, 0) is 4.79 Å². The lowest BCUT2D eigenvalue weighted by atomic mass is 9.84. The first-order valence-corrected chi connectivity index (χ1v) is 11.8. The van der Waals surface area contributed by atoms with Crippen LogP contribution in [0.15, 0.2) is 71.1 Å². The smallest absolute Gasteiger partial charge is 0.262 e. The molecule has 6 nitrogen and oxygen atoms in total. The number of oxazole rings is 1. The maximum absolute atomic E-state index is 12.4. The van der Waals surface area contributed by atoms with Crippen LogP contribution >= 0.6 is 0 Å². The van der Waals surface area contributed by atoms with Gasteiger partial charge in [-0.2, -0.15) is 0 Å². The minimum Gasteiger partial charge on any atom is -0.497 e. The van der Waals surface area contributed by atoms with Crippen molar-refractivity contribution >= 4 is 22.7 Å². The molecule has 0 bridgehead atoms. The van der Waals surface area contributed by atoms with Crippen molar-refractivity contribution in [2.75, 3.05) is 19.0 Å². The van der Waals surface area contributed by atoms with Crippen LogP contribution in [0.2, 0.25) is 0 Å². The molecule has 1 fully saturated rings. The third-order valence-electron chi connectivity index (χ3n) is 6.31. The van der Waals surface area contributed by atoms with Gasteiger partial charge in [0.2, 0.25) is 5.89 Å². The molecule has 34 heavy (non-hydrogen) atoms. The summed E-state index contributed by atoms with van der Waals surface area (Å²) >= 11 is 0. The first-order valence-electron chi connectivity index (χ1n) is 11.8. The monoisotopic (exact) mass is 456 g/mol. The number of benzene rings is 3. The van der Waals surface area contributed by atoms with Gasteiger partial charge in [0.1, 0.15) is 17.0 Å². The van der Waals surface area contributed by atoms with Crippen molar-refractivity contribution < 1.29 is 18.7 Å². The van der Waals surface area contributed by atoms with Crippen molar-refractivity contribution in [2.45, 2.75) is 38.0 Å². The molecule has 1 aliphatic carbocycles. The van der Waals surface area contributed by atoms with Gasteiger partial charge < -0.3 is 19.2 Å². The molecule has 1 heterocycles. The number of hydrogen-bond acceptors (Lipinski definition) is 5. The summed E-state index contributed by atoms with van der Waals surface area (Å²) in [5, 5.41) is 2.87. The molecule has 1 amide bonds. The molecule has 1 saturated carbocycles. The van der Waals surface area contributed by atoms with Gasteiger partial charge in [0.15, 0.2) is 12.2 Å². The van der Waals surface area contributed by atoms with E-state index in [2.05, 4.69) is 22.4 Å². The van der Waals surface area contributed by atoms with E-state index in [4.69, 9.17) is 13.9 Å². The summed E-state index contributed by atoms with van der Waals surface area (Å²) in [4.78, 5) is 17.0. The third-order valence-corrected chi connectivity index (χ3v) is 6.31. The average molecular weight is 457 g/mol. The molecule has 0 aliphatic heterocycles. The van der Waals surface area contributed by atoms with Gasteiger partial charge in [-0.15, -0.1) is 0 Å². The van der Waals surface area contributed by atoms with Crippen LogP contribution in [0.1, 0.15) is 43.6 Å². The zero-order valence-electron chi connectivity index (χ0n) is 19.3. The summed E-state index contributed by atoms with van der Waals surface area (Å²) in [6, 6.07) is 21.1. The molecule has 4 aromatic rings. The second-order valence-electron chi connectivity index (χ2n) is 8.67. The Hall–Kier alpha value is -3.80. The van der Waals surface area contributed by atoms with Crippen LogP contribution < -0.4 is 14.8 Å². The van der Waals surface area contributed by atoms with E-state index in [-0.39, 0.29) is 12.5 Å². The third kappa shape index (κ3) is 5.06. The van der Waals surface area contributed by atoms with Gasteiger partial charge in [0, 0.05) is 11.3 Å². The van der Waals surface area contributed by atoms with E-state index in [0.29, 0.717) is 34.3 Å². The molecule has 1 aliphatic rings. The van der Waals surface area contributed by atoms with Crippen molar-refractivity contribution in [1.82, 2.24) is 4.98 Å². The fourth-order valence-corrected chi connectivity index (χ4v) is 4.50. The molecule has 0 radical (unpaired) electrons. The van der Waals surface area contributed by atoms with Crippen molar-refractivity contribution in [3.8, 4) is 23.0 Å². The normalized spacial score (nSPS) is 14.1. The molecule has 0 atom stereocenters. The van der Waals surface area contributed by atoms with Crippen LogP contribution in [0, 0.1) is 0 Å². The van der Waals surface area contributed by atoms with E-state index >= 15 is 0 Å². The summed E-state index contributed by atoms with van der Waals surface area (Å²) in [6.45, 7) is -0.0608. The highest BCUT2D eigenvalue weighted by atomic mass is 16.5. The fourth-order valence-electron chi connectivity index (χ4n) is 4.50. The van der Waals surface area contributed by atoms with Crippen molar-refractivity contribution in [3.05, 3.63) is 72.3 Å². The predicted octanol–water partition coefficient (Wildman–Crippen LogP) is 6.57. The zero-order chi connectivity index (χ0) is 23.3. The number of rotatable bonds is 7. The van der Waals surface area contributed by atoms with Gasteiger partial charge in [-0.25, -0.2) is 4.98 Å².